The van der Waals surface area contributed by atoms with Crippen LogP contribution in [-0.2, 0) is 22.6 Å². The van der Waals surface area contributed by atoms with Crippen molar-refractivity contribution in [3.05, 3.63) is 65.9 Å². The summed E-state index contributed by atoms with van der Waals surface area (Å²) in [5.41, 5.74) is 3.24. The summed E-state index contributed by atoms with van der Waals surface area (Å²) in [5.74, 6) is 0.792. The molecular formula is C26H31N3O3. The van der Waals surface area contributed by atoms with Crippen LogP contribution in [0.2, 0.25) is 0 Å². The van der Waals surface area contributed by atoms with Gasteiger partial charge in [0.15, 0.2) is 0 Å². The monoisotopic (exact) mass is 433 g/mol. The normalized spacial score (nSPS) is 13.2. The molecule has 1 aliphatic carbocycles. The van der Waals surface area contributed by atoms with Crippen molar-refractivity contribution in [2.45, 2.75) is 45.2 Å². The van der Waals surface area contributed by atoms with Crippen LogP contribution in [0.3, 0.4) is 0 Å². The fraction of sp³-hybridized carbons (Fsp3) is 0.385. The van der Waals surface area contributed by atoms with Gasteiger partial charge in [-0.3, -0.25) is 9.59 Å². The van der Waals surface area contributed by atoms with Gasteiger partial charge in [-0.2, -0.15) is 0 Å². The van der Waals surface area contributed by atoms with E-state index in [1.165, 1.54) is 10.9 Å². The summed E-state index contributed by atoms with van der Waals surface area (Å²) in [4.78, 5) is 32.8. The van der Waals surface area contributed by atoms with Crippen LogP contribution in [0.15, 0.2) is 54.7 Å². The van der Waals surface area contributed by atoms with Crippen molar-refractivity contribution < 1.29 is 14.3 Å². The molecule has 1 aliphatic rings. The van der Waals surface area contributed by atoms with E-state index in [0.717, 1.165) is 36.1 Å². The first-order valence-corrected chi connectivity index (χ1v) is 11.3. The van der Waals surface area contributed by atoms with E-state index >= 15 is 0 Å². The van der Waals surface area contributed by atoms with Gasteiger partial charge in [-0.15, -0.1) is 0 Å². The van der Waals surface area contributed by atoms with E-state index in [1.807, 2.05) is 54.4 Å². The number of nitrogens with one attached hydrogen (secondary N) is 1. The average Bonchev–Trinajstić information content (AvgIpc) is 3.59. The first-order valence-electron chi connectivity index (χ1n) is 11.3. The highest BCUT2D eigenvalue weighted by Crippen LogP contribution is 2.28. The summed E-state index contributed by atoms with van der Waals surface area (Å²) in [5, 5.41) is 1.18. The summed E-state index contributed by atoms with van der Waals surface area (Å²) < 4.78 is 5.51. The Hall–Kier alpha value is -3.28. The number of carbonyl (C=O) groups is 2. The number of methoxy groups -OCH3 is 1. The lowest BCUT2D eigenvalue weighted by Crippen LogP contribution is -2.44. The molecule has 2 amide bonds. The van der Waals surface area contributed by atoms with E-state index in [2.05, 4.69) is 17.1 Å². The number of para-hydroxylation sites is 2. The predicted octanol–water partition coefficient (Wildman–Crippen LogP) is 4.15. The average molecular weight is 434 g/mol. The van der Waals surface area contributed by atoms with Gasteiger partial charge in [0.05, 0.1) is 7.11 Å². The summed E-state index contributed by atoms with van der Waals surface area (Å²) >= 11 is 0. The largest absolute Gasteiger partial charge is 0.496 e. The Morgan fingerprint density at radius 2 is 1.78 bits per heavy atom. The number of H-pyrrole nitrogens is 1. The van der Waals surface area contributed by atoms with Crippen LogP contribution in [0.5, 0.6) is 5.75 Å². The molecule has 0 unspecified atom stereocenters. The second-order valence-corrected chi connectivity index (χ2v) is 8.34. The lowest BCUT2D eigenvalue weighted by Gasteiger charge is -2.28. The molecule has 1 N–H and O–H groups in total. The minimum atomic E-state index is -0.0237. The molecule has 6 heteroatoms. The van der Waals surface area contributed by atoms with Crippen molar-refractivity contribution in [1.29, 1.82) is 0 Å². The first-order chi connectivity index (χ1) is 15.6. The molecule has 6 nitrogen and oxygen atoms in total. The van der Waals surface area contributed by atoms with E-state index < -0.39 is 0 Å². The molecule has 3 aromatic rings. The maximum Gasteiger partial charge on any atom is 0.242 e. The maximum atomic E-state index is 13.4. The molecule has 0 atom stereocenters. The number of ether oxygens (including phenoxy) is 1. The summed E-state index contributed by atoms with van der Waals surface area (Å²) in [7, 11) is 1.64. The third-order valence-electron chi connectivity index (χ3n) is 6.15. The summed E-state index contributed by atoms with van der Waals surface area (Å²) in [6.45, 7) is 3.01. The molecule has 32 heavy (non-hydrogen) atoms. The number of amides is 2. The van der Waals surface area contributed by atoms with Crippen molar-refractivity contribution >= 4 is 22.7 Å². The highest BCUT2D eigenvalue weighted by atomic mass is 16.5. The molecule has 168 valence electrons. The fourth-order valence-electron chi connectivity index (χ4n) is 4.18. The number of fused-ring (bicyclic) bond motifs is 1. The second-order valence-electron chi connectivity index (χ2n) is 8.34. The van der Waals surface area contributed by atoms with Gasteiger partial charge in [0.1, 0.15) is 12.3 Å². The van der Waals surface area contributed by atoms with Crippen LogP contribution < -0.4 is 4.74 Å². The number of carbonyl (C=O) groups excluding carboxylic acids is 2. The molecular weight excluding hydrogens is 402 g/mol. The smallest absolute Gasteiger partial charge is 0.242 e. The zero-order valence-electron chi connectivity index (χ0n) is 18.8. The van der Waals surface area contributed by atoms with Gasteiger partial charge >= 0.3 is 0 Å². The number of aromatic nitrogens is 1. The number of nitrogens with zero attached hydrogens (tertiary/aromatic N) is 2. The molecule has 0 bridgehead atoms. The topological polar surface area (TPSA) is 65.6 Å². The SMILES string of the molecule is CCC(=O)N(CC(=O)N(CCc1c[nH]c2ccccc12)Cc1ccccc1OC)C1CC1. The summed E-state index contributed by atoms with van der Waals surface area (Å²) in [6, 6.07) is 16.2. The Bertz CT molecular complexity index is 1090. The van der Waals surface area contributed by atoms with E-state index in [-0.39, 0.29) is 24.4 Å². The fourth-order valence-corrected chi connectivity index (χ4v) is 4.18. The van der Waals surface area contributed by atoms with Crippen LogP contribution in [-0.4, -0.2) is 52.8 Å². The Balaban J connectivity index is 1.54. The Morgan fingerprint density at radius 1 is 1.03 bits per heavy atom. The van der Waals surface area contributed by atoms with Gasteiger partial charge in [-0.25, -0.2) is 0 Å². The van der Waals surface area contributed by atoms with Crippen molar-refractivity contribution in [1.82, 2.24) is 14.8 Å². The first kappa shape index (κ1) is 21.9. The molecule has 0 radical (unpaired) electrons. The Labute approximate surface area is 189 Å². The highest BCUT2D eigenvalue weighted by Gasteiger charge is 2.34. The summed E-state index contributed by atoms with van der Waals surface area (Å²) in [6.07, 6.45) is 5.15. The quantitative estimate of drug-likeness (QED) is 0.522. The van der Waals surface area contributed by atoms with E-state index in [9.17, 15) is 9.59 Å². The second kappa shape index (κ2) is 9.90. The van der Waals surface area contributed by atoms with Gasteiger partial charge in [0.25, 0.3) is 0 Å². The Morgan fingerprint density at radius 3 is 2.53 bits per heavy atom. The molecule has 0 aliphatic heterocycles. The highest BCUT2D eigenvalue weighted by molar-refractivity contribution is 5.86. The third-order valence-corrected chi connectivity index (χ3v) is 6.15. The van der Waals surface area contributed by atoms with Crippen LogP contribution >= 0.6 is 0 Å². The van der Waals surface area contributed by atoms with Crippen LogP contribution in [0.25, 0.3) is 10.9 Å². The third kappa shape index (κ3) is 4.96. The van der Waals surface area contributed by atoms with Crippen LogP contribution in [0, 0.1) is 0 Å². The standard InChI is InChI=1S/C26H31N3O3/c1-3-25(30)29(21-12-13-21)18-26(31)28(17-20-8-4-7-11-24(20)32-2)15-14-19-16-27-23-10-6-5-9-22(19)23/h4-11,16,21,27H,3,12-15,17-18H2,1-2H3. The minimum absolute atomic E-state index is 0.0237. The van der Waals surface area contributed by atoms with Gasteiger partial charge in [-0.1, -0.05) is 43.3 Å². The van der Waals surface area contributed by atoms with Gasteiger partial charge in [0, 0.05) is 48.2 Å². The molecule has 1 saturated carbocycles. The Kier molecular flexibility index (Phi) is 6.78. The number of hydrogen-bond donors (Lipinski definition) is 1. The van der Waals surface area contributed by atoms with Crippen molar-refractivity contribution in [3.8, 4) is 5.75 Å². The predicted molar refractivity (Wildman–Crippen MR) is 125 cm³/mol. The van der Waals surface area contributed by atoms with Crippen LogP contribution in [0.4, 0.5) is 0 Å². The van der Waals surface area contributed by atoms with Crippen molar-refractivity contribution in [3.63, 3.8) is 0 Å². The number of hydrogen-bond acceptors (Lipinski definition) is 3. The number of rotatable bonds is 10. The van der Waals surface area contributed by atoms with Gasteiger partial charge in [-0.05, 0) is 37.0 Å². The number of aromatic amines is 1. The van der Waals surface area contributed by atoms with Gasteiger partial charge < -0.3 is 19.5 Å². The van der Waals surface area contributed by atoms with Crippen molar-refractivity contribution in [2.75, 3.05) is 20.2 Å². The number of benzene rings is 2. The van der Waals surface area contributed by atoms with Crippen molar-refractivity contribution in [2.24, 2.45) is 0 Å². The van der Waals surface area contributed by atoms with E-state index in [0.29, 0.717) is 19.5 Å². The molecule has 0 saturated heterocycles. The lowest BCUT2D eigenvalue weighted by molar-refractivity contribution is -0.141. The molecule has 1 heterocycles. The van der Waals surface area contributed by atoms with Crippen LogP contribution in [0.1, 0.15) is 37.3 Å². The lowest BCUT2D eigenvalue weighted by atomic mass is 10.1. The zero-order valence-corrected chi connectivity index (χ0v) is 18.8. The molecule has 4 rings (SSSR count). The molecule has 1 fully saturated rings. The molecule has 0 spiro atoms. The van der Waals surface area contributed by atoms with Gasteiger partial charge in [0.2, 0.25) is 11.8 Å². The molecule has 2 aromatic carbocycles. The maximum absolute atomic E-state index is 13.4. The minimum Gasteiger partial charge on any atom is -0.496 e. The molecule has 1 aromatic heterocycles. The van der Waals surface area contributed by atoms with E-state index in [1.54, 1.807) is 12.0 Å². The zero-order chi connectivity index (χ0) is 22.5. The van der Waals surface area contributed by atoms with E-state index in [4.69, 9.17) is 4.74 Å².